The van der Waals surface area contributed by atoms with E-state index in [2.05, 4.69) is 25.9 Å². The molecule has 2 heterocycles. The topological polar surface area (TPSA) is 114 Å². The van der Waals surface area contributed by atoms with Crippen LogP contribution >= 0.6 is 0 Å². The minimum atomic E-state index is -4.60. The van der Waals surface area contributed by atoms with Crippen molar-refractivity contribution in [1.29, 1.82) is 0 Å². The maximum atomic E-state index is 13.4. The predicted octanol–water partition coefficient (Wildman–Crippen LogP) is 3.22. The van der Waals surface area contributed by atoms with Gasteiger partial charge < -0.3 is 26.4 Å². The van der Waals surface area contributed by atoms with Gasteiger partial charge in [0.15, 0.2) is 0 Å². The Bertz CT molecular complexity index is 1010. The molecule has 2 atom stereocenters. The Morgan fingerprint density at radius 3 is 2.72 bits per heavy atom. The first-order valence-electron chi connectivity index (χ1n) is 10.5. The molecular weight excluding hydrogens is 425 g/mol. The molecule has 172 valence electrons. The van der Waals surface area contributed by atoms with Gasteiger partial charge in [-0.25, -0.2) is 4.98 Å². The molecule has 1 fully saturated rings. The molecule has 8 nitrogen and oxygen atoms in total. The minimum absolute atomic E-state index is 0.00937. The van der Waals surface area contributed by atoms with Gasteiger partial charge in [0.1, 0.15) is 17.1 Å². The lowest BCUT2D eigenvalue weighted by Crippen LogP contribution is -2.43. The monoisotopic (exact) mass is 450 g/mol. The molecule has 0 bridgehead atoms. The summed E-state index contributed by atoms with van der Waals surface area (Å²) < 4.78 is 45.1. The number of halogens is 3. The van der Waals surface area contributed by atoms with Crippen molar-refractivity contribution >= 4 is 23.4 Å². The maximum absolute atomic E-state index is 13.4. The summed E-state index contributed by atoms with van der Waals surface area (Å²) in [5, 5.41) is 8.86. The number of hydrogen-bond donors (Lipinski definition) is 4. The quantitative estimate of drug-likeness (QED) is 0.553. The smallest absolute Gasteiger partial charge is 0.420 e. The van der Waals surface area contributed by atoms with Gasteiger partial charge in [-0.2, -0.15) is 18.2 Å². The van der Waals surface area contributed by atoms with Crippen LogP contribution in [-0.4, -0.2) is 41.6 Å². The van der Waals surface area contributed by atoms with Gasteiger partial charge in [-0.05, 0) is 31.0 Å². The number of methoxy groups -OCH3 is 1. The van der Waals surface area contributed by atoms with E-state index in [9.17, 15) is 18.0 Å². The van der Waals surface area contributed by atoms with Crippen molar-refractivity contribution in [3.63, 3.8) is 0 Å². The highest BCUT2D eigenvalue weighted by Crippen LogP contribution is 2.38. The number of ether oxygens (including phenoxy) is 1. The Labute approximate surface area is 183 Å². The van der Waals surface area contributed by atoms with E-state index in [1.165, 1.54) is 19.2 Å². The molecule has 1 saturated carbocycles. The fraction of sp³-hybridized carbons (Fsp3) is 0.476. The fourth-order valence-corrected chi connectivity index (χ4v) is 4.11. The Morgan fingerprint density at radius 1 is 1.22 bits per heavy atom. The minimum Gasteiger partial charge on any atom is -0.496 e. The Hall–Kier alpha value is -3.08. The van der Waals surface area contributed by atoms with E-state index in [4.69, 9.17) is 10.5 Å². The standard InChI is InChI=1S/C21H25F3N6O2/c1-32-16-7-6-11(10-12(16)21(22,23)24)27-18-17-15(8-9-26-19(17)31)29-20(30-18)28-14-5-3-2-4-13(14)25/h6-7,10,13-14H,2-5,8-9,25H2,1H3,(H,26,31)(H2,27,28,29,30)/t13-,14+/m0/s1. The molecule has 2 aliphatic rings. The number of benzene rings is 1. The molecule has 2 aromatic rings. The molecule has 5 N–H and O–H groups in total. The summed E-state index contributed by atoms with van der Waals surface area (Å²) in [5.41, 5.74) is 6.16. The molecule has 1 aliphatic carbocycles. The third-order valence-electron chi connectivity index (χ3n) is 5.76. The lowest BCUT2D eigenvalue weighted by atomic mass is 9.91. The second kappa shape index (κ2) is 8.81. The predicted molar refractivity (Wildman–Crippen MR) is 113 cm³/mol. The van der Waals surface area contributed by atoms with Gasteiger partial charge in [-0.3, -0.25) is 4.79 Å². The van der Waals surface area contributed by atoms with Crippen LogP contribution in [0.5, 0.6) is 5.75 Å². The number of rotatable bonds is 5. The third kappa shape index (κ3) is 4.57. The number of nitrogens with one attached hydrogen (secondary N) is 3. The Balaban J connectivity index is 1.70. The molecular formula is C21H25F3N6O2. The number of fused-ring (bicyclic) bond motifs is 1. The van der Waals surface area contributed by atoms with Crippen molar-refractivity contribution in [3.8, 4) is 5.75 Å². The zero-order valence-corrected chi connectivity index (χ0v) is 17.6. The summed E-state index contributed by atoms with van der Waals surface area (Å²) in [6.07, 6.45) is -0.248. The number of nitrogens with two attached hydrogens (primary N) is 1. The number of alkyl halides is 3. The number of hydrogen-bond acceptors (Lipinski definition) is 7. The van der Waals surface area contributed by atoms with Crippen LogP contribution in [0.2, 0.25) is 0 Å². The first-order valence-corrected chi connectivity index (χ1v) is 10.5. The highest BCUT2D eigenvalue weighted by Gasteiger charge is 2.35. The van der Waals surface area contributed by atoms with Crippen LogP contribution in [0.25, 0.3) is 0 Å². The summed E-state index contributed by atoms with van der Waals surface area (Å²) in [7, 11) is 1.18. The molecule has 0 saturated heterocycles. The van der Waals surface area contributed by atoms with Crippen molar-refractivity contribution in [1.82, 2.24) is 15.3 Å². The highest BCUT2D eigenvalue weighted by molar-refractivity contribution is 6.01. The molecule has 1 aromatic heterocycles. The normalized spacial score (nSPS) is 20.8. The number of anilines is 3. The first kappa shape index (κ1) is 22.1. The molecule has 1 amide bonds. The largest absolute Gasteiger partial charge is 0.496 e. The lowest BCUT2D eigenvalue weighted by Gasteiger charge is -2.30. The first-order chi connectivity index (χ1) is 15.3. The maximum Gasteiger partial charge on any atom is 0.420 e. The summed E-state index contributed by atoms with van der Waals surface area (Å²) in [4.78, 5) is 21.4. The van der Waals surface area contributed by atoms with E-state index in [1.807, 2.05) is 0 Å². The molecule has 1 aliphatic heterocycles. The van der Waals surface area contributed by atoms with E-state index in [0.717, 1.165) is 31.7 Å². The lowest BCUT2D eigenvalue weighted by molar-refractivity contribution is -0.138. The Kier molecular flexibility index (Phi) is 6.09. The van der Waals surface area contributed by atoms with E-state index >= 15 is 0 Å². The number of carbonyl (C=O) groups is 1. The van der Waals surface area contributed by atoms with Crippen molar-refractivity contribution in [2.24, 2.45) is 5.73 Å². The van der Waals surface area contributed by atoms with Crippen molar-refractivity contribution in [2.75, 3.05) is 24.3 Å². The van der Waals surface area contributed by atoms with Gasteiger partial charge in [-0.1, -0.05) is 12.8 Å². The molecule has 1 aromatic carbocycles. The van der Waals surface area contributed by atoms with Gasteiger partial charge in [0.2, 0.25) is 5.95 Å². The molecule has 4 rings (SSSR count). The molecule has 0 unspecified atom stereocenters. The SMILES string of the molecule is COc1ccc(Nc2nc(N[C@@H]3CCCC[C@@H]3N)nc3c2C(=O)NCC3)cc1C(F)(F)F. The second-order valence-corrected chi connectivity index (χ2v) is 7.96. The Morgan fingerprint density at radius 2 is 2.00 bits per heavy atom. The van der Waals surface area contributed by atoms with E-state index < -0.39 is 11.7 Å². The van der Waals surface area contributed by atoms with Gasteiger partial charge in [-0.15, -0.1) is 0 Å². The second-order valence-electron chi connectivity index (χ2n) is 7.96. The molecule has 32 heavy (non-hydrogen) atoms. The highest BCUT2D eigenvalue weighted by atomic mass is 19.4. The molecule has 11 heteroatoms. The van der Waals surface area contributed by atoms with Crippen LogP contribution in [0.4, 0.5) is 30.6 Å². The van der Waals surface area contributed by atoms with Crippen molar-refractivity contribution in [3.05, 3.63) is 35.0 Å². The molecule has 0 radical (unpaired) electrons. The van der Waals surface area contributed by atoms with E-state index in [1.54, 1.807) is 0 Å². The number of amides is 1. The fourth-order valence-electron chi connectivity index (χ4n) is 4.11. The van der Waals surface area contributed by atoms with Gasteiger partial charge >= 0.3 is 6.18 Å². The van der Waals surface area contributed by atoms with Gasteiger partial charge in [0.25, 0.3) is 5.91 Å². The number of aromatic nitrogens is 2. The summed E-state index contributed by atoms with van der Waals surface area (Å²) in [6, 6.07) is 3.54. The summed E-state index contributed by atoms with van der Waals surface area (Å²) in [5.74, 6) is -0.233. The zero-order chi connectivity index (χ0) is 22.9. The number of carbonyl (C=O) groups excluding carboxylic acids is 1. The van der Waals surface area contributed by atoms with Gasteiger partial charge in [0.05, 0.1) is 18.4 Å². The summed E-state index contributed by atoms with van der Waals surface area (Å²) >= 11 is 0. The van der Waals surface area contributed by atoms with Gasteiger partial charge in [0, 0.05) is 30.7 Å². The van der Waals surface area contributed by atoms with Crippen molar-refractivity contribution in [2.45, 2.75) is 50.4 Å². The molecule has 0 spiro atoms. The van der Waals surface area contributed by atoms with E-state index in [0.29, 0.717) is 24.6 Å². The summed E-state index contributed by atoms with van der Waals surface area (Å²) in [6.45, 7) is 0.422. The average Bonchev–Trinajstić information content (AvgIpc) is 2.75. The van der Waals surface area contributed by atoms with Crippen LogP contribution in [0.3, 0.4) is 0 Å². The van der Waals surface area contributed by atoms with Crippen LogP contribution in [0.1, 0.15) is 47.3 Å². The third-order valence-corrected chi connectivity index (χ3v) is 5.76. The van der Waals surface area contributed by atoms with E-state index in [-0.39, 0.29) is 40.8 Å². The van der Waals surface area contributed by atoms with Crippen LogP contribution in [0.15, 0.2) is 18.2 Å². The van der Waals surface area contributed by atoms with Crippen molar-refractivity contribution < 1.29 is 22.7 Å². The van der Waals surface area contributed by atoms with Crippen LogP contribution < -0.4 is 26.4 Å². The number of nitrogens with zero attached hydrogens (tertiary/aromatic N) is 2. The van der Waals surface area contributed by atoms with Crippen LogP contribution in [-0.2, 0) is 12.6 Å². The average molecular weight is 450 g/mol. The zero-order valence-electron chi connectivity index (χ0n) is 17.6. The van der Waals surface area contributed by atoms with Crippen LogP contribution in [0, 0.1) is 0 Å².